The van der Waals surface area contributed by atoms with Crippen molar-refractivity contribution in [2.24, 2.45) is 0 Å². The first-order valence-corrected chi connectivity index (χ1v) is 9.69. The largest absolute Gasteiger partial charge is 0.497 e. The molecule has 1 aliphatic rings. The predicted molar refractivity (Wildman–Crippen MR) is 105 cm³/mol. The average Bonchev–Trinajstić information content (AvgIpc) is 3.05. The lowest BCUT2D eigenvalue weighted by atomic mass is 9.95. The summed E-state index contributed by atoms with van der Waals surface area (Å²) < 4.78 is 13.4. The Kier molecular flexibility index (Phi) is 5.46. The van der Waals surface area contributed by atoms with Crippen molar-refractivity contribution in [2.75, 3.05) is 7.11 Å². The second-order valence-electron chi connectivity index (χ2n) is 7.05. The highest BCUT2D eigenvalue weighted by Crippen LogP contribution is 2.25. The number of aromatic nitrogens is 4. The molecule has 1 saturated carbocycles. The summed E-state index contributed by atoms with van der Waals surface area (Å²) in [6, 6.07) is 7.22. The molecule has 2 heterocycles. The van der Waals surface area contributed by atoms with Crippen LogP contribution in [0, 0.1) is 0 Å². The Morgan fingerprint density at radius 1 is 1.24 bits per heavy atom. The van der Waals surface area contributed by atoms with Crippen molar-refractivity contribution in [3.63, 3.8) is 0 Å². The molecule has 1 fully saturated rings. The zero-order valence-corrected chi connectivity index (χ0v) is 16.2. The van der Waals surface area contributed by atoms with Crippen LogP contribution in [0.2, 0.25) is 0 Å². The Bertz CT molecular complexity index is 1070. The van der Waals surface area contributed by atoms with E-state index in [0.717, 1.165) is 30.4 Å². The summed E-state index contributed by atoms with van der Waals surface area (Å²) >= 11 is 0. The molecule has 152 valence electrons. The summed E-state index contributed by atoms with van der Waals surface area (Å²) in [6.07, 6.45) is 8.37. The second kappa shape index (κ2) is 8.34. The average molecular weight is 397 g/mol. The molecular formula is C20H23N5O4. The maximum atomic E-state index is 12.6. The maximum Gasteiger partial charge on any atom is 0.351 e. The topological polar surface area (TPSA) is 99.8 Å². The lowest BCUT2D eigenvalue weighted by molar-refractivity contribution is -0.122. The summed E-state index contributed by atoms with van der Waals surface area (Å²) in [5.74, 6) is 1.09. The van der Waals surface area contributed by atoms with Crippen LogP contribution < -0.4 is 20.5 Å². The van der Waals surface area contributed by atoms with Gasteiger partial charge in [0.05, 0.1) is 7.11 Å². The van der Waals surface area contributed by atoms with E-state index in [1.54, 1.807) is 31.4 Å². The lowest BCUT2D eigenvalue weighted by Gasteiger charge is -2.22. The number of benzene rings is 1. The quantitative estimate of drug-likeness (QED) is 0.684. The van der Waals surface area contributed by atoms with Gasteiger partial charge in [-0.2, -0.15) is 0 Å². The predicted octanol–water partition coefficient (Wildman–Crippen LogP) is 2.14. The van der Waals surface area contributed by atoms with Gasteiger partial charge in [0, 0.05) is 24.5 Å². The number of rotatable bonds is 6. The monoisotopic (exact) mass is 397 g/mol. The number of nitrogens with one attached hydrogen (secondary N) is 1. The first-order valence-electron chi connectivity index (χ1n) is 9.69. The second-order valence-corrected chi connectivity index (χ2v) is 7.05. The Morgan fingerprint density at radius 3 is 2.83 bits per heavy atom. The van der Waals surface area contributed by atoms with Crippen LogP contribution in [-0.2, 0) is 11.3 Å². The number of carbonyl (C=O) groups excluding carboxylic acids is 1. The molecule has 3 aromatic rings. The van der Waals surface area contributed by atoms with Crippen LogP contribution in [-0.4, -0.2) is 38.2 Å². The fourth-order valence-corrected chi connectivity index (χ4v) is 3.53. The van der Waals surface area contributed by atoms with Crippen LogP contribution >= 0.6 is 0 Å². The van der Waals surface area contributed by atoms with Crippen molar-refractivity contribution in [1.29, 1.82) is 0 Å². The highest BCUT2D eigenvalue weighted by Gasteiger charge is 2.19. The number of hydrogen-bond donors (Lipinski definition) is 1. The van der Waals surface area contributed by atoms with Crippen LogP contribution in [0.4, 0.5) is 0 Å². The molecule has 4 rings (SSSR count). The first kappa shape index (κ1) is 19.0. The fourth-order valence-electron chi connectivity index (χ4n) is 3.53. The number of hydrogen-bond acceptors (Lipinski definition) is 6. The van der Waals surface area contributed by atoms with Gasteiger partial charge in [-0.05, 0) is 25.0 Å². The molecule has 1 N–H and O–H groups in total. The summed E-state index contributed by atoms with van der Waals surface area (Å²) in [4.78, 5) is 29.2. The SMILES string of the molecule is COc1cccc(Oc2nccn3c(=O)n(CC(=O)NC4CCCCC4)nc23)c1. The summed E-state index contributed by atoms with van der Waals surface area (Å²) in [5, 5.41) is 7.27. The number of fused-ring (bicyclic) bond motifs is 1. The molecule has 1 aliphatic carbocycles. The number of amides is 1. The molecule has 2 aromatic heterocycles. The highest BCUT2D eigenvalue weighted by molar-refractivity contribution is 5.76. The highest BCUT2D eigenvalue weighted by atomic mass is 16.5. The minimum Gasteiger partial charge on any atom is -0.497 e. The number of nitrogens with zero attached hydrogens (tertiary/aromatic N) is 4. The summed E-state index contributed by atoms with van der Waals surface area (Å²) in [5.41, 5.74) is -0.178. The van der Waals surface area contributed by atoms with Crippen LogP contribution in [0.3, 0.4) is 0 Å². The van der Waals surface area contributed by atoms with Gasteiger partial charge in [0.15, 0.2) is 0 Å². The third-order valence-electron chi connectivity index (χ3n) is 4.99. The standard InChI is InChI=1S/C20H23N5O4/c1-28-15-8-5-9-16(12-15)29-19-18-23-25(20(27)24(18)11-10-21-19)13-17(26)22-14-6-3-2-4-7-14/h5,8-12,14H,2-4,6-7,13H2,1H3,(H,22,26). The third-order valence-corrected chi connectivity index (χ3v) is 4.99. The number of ether oxygens (including phenoxy) is 2. The number of methoxy groups -OCH3 is 1. The normalized spacial score (nSPS) is 14.7. The van der Waals surface area contributed by atoms with E-state index < -0.39 is 5.69 Å². The van der Waals surface area contributed by atoms with E-state index in [1.165, 1.54) is 23.2 Å². The molecule has 0 spiro atoms. The van der Waals surface area contributed by atoms with Crippen LogP contribution in [0.25, 0.3) is 5.65 Å². The smallest absolute Gasteiger partial charge is 0.351 e. The van der Waals surface area contributed by atoms with Crippen molar-refractivity contribution in [2.45, 2.75) is 44.7 Å². The molecule has 29 heavy (non-hydrogen) atoms. The first-order chi connectivity index (χ1) is 14.1. The van der Waals surface area contributed by atoms with Gasteiger partial charge in [-0.25, -0.2) is 18.9 Å². The van der Waals surface area contributed by atoms with Crippen LogP contribution in [0.15, 0.2) is 41.5 Å². The van der Waals surface area contributed by atoms with Gasteiger partial charge >= 0.3 is 5.69 Å². The molecule has 9 heteroatoms. The van der Waals surface area contributed by atoms with Crippen molar-refractivity contribution in [3.8, 4) is 17.4 Å². The van der Waals surface area contributed by atoms with E-state index in [2.05, 4.69) is 15.4 Å². The van der Waals surface area contributed by atoms with E-state index in [4.69, 9.17) is 9.47 Å². The Hall–Kier alpha value is -3.36. The molecule has 0 atom stereocenters. The zero-order chi connectivity index (χ0) is 20.2. The van der Waals surface area contributed by atoms with Gasteiger partial charge in [-0.15, -0.1) is 5.10 Å². The third kappa shape index (κ3) is 4.23. The van der Waals surface area contributed by atoms with Gasteiger partial charge in [-0.1, -0.05) is 25.3 Å². The number of carbonyl (C=O) groups is 1. The maximum absolute atomic E-state index is 12.6. The fraction of sp³-hybridized carbons (Fsp3) is 0.400. The Morgan fingerprint density at radius 2 is 2.03 bits per heavy atom. The van der Waals surface area contributed by atoms with Gasteiger partial charge in [-0.3, -0.25) is 4.79 Å². The van der Waals surface area contributed by atoms with Gasteiger partial charge in [0.2, 0.25) is 11.6 Å². The summed E-state index contributed by atoms with van der Waals surface area (Å²) in [6.45, 7) is -0.143. The molecular weight excluding hydrogens is 374 g/mol. The minimum absolute atomic E-state index is 0.143. The Balaban J connectivity index is 1.55. The lowest BCUT2D eigenvalue weighted by Crippen LogP contribution is -2.40. The van der Waals surface area contributed by atoms with E-state index in [1.807, 2.05) is 0 Å². The van der Waals surface area contributed by atoms with E-state index in [9.17, 15) is 9.59 Å². The van der Waals surface area contributed by atoms with Crippen molar-refractivity contribution in [1.82, 2.24) is 24.5 Å². The van der Waals surface area contributed by atoms with Gasteiger partial charge in [0.1, 0.15) is 18.0 Å². The van der Waals surface area contributed by atoms with E-state index in [0.29, 0.717) is 11.5 Å². The Labute approximate surface area is 167 Å². The van der Waals surface area contributed by atoms with E-state index >= 15 is 0 Å². The molecule has 0 saturated heterocycles. The van der Waals surface area contributed by atoms with E-state index in [-0.39, 0.29) is 30.0 Å². The molecule has 0 radical (unpaired) electrons. The molecule has 9 nitrogen and oxygen atoms in total. The zero-order valence-electron chi connectivity index (χ0n) is 16.2. The van der Waals surface area contributed by atoms with Crippen LogP contribution in [0.5, 0.6) is 17.4 Å². The van der Waals surface area contributed by atoms with Crippen molar-refractivity contribution >= 4 is 11.6 Å². The molecule has 1 aromatic carbocycles. The van der Waals surface area contributed by atoms with Crippen LogP contribution in [0.1, 0.15) is 32.1 Å². The molecule has 0 aliphatic heterocycles. The molecule has 0 bridgehead atoms. The minimum atomic E-state index is -0.420. The molecule has 0 unspecified atom stereocenters. The molecule has 1 amide bonds. The summed E-state index contributed by atoms with van der Waals surface area (Å²) in [7, 11) is 1.57. The van der Waals surface area contributed by atoms with Crippen molar-refractivity contribution < 1.29 is 14.3 Å². The van der Waals surface area contributed by atoms with Gasteiger partial charge < -0.3 is 14.8 Å². The van der Waals surface area contributed by atoms with Gasteiger partial charge in [0.25, 0.3) is 5.88 Å². The van der Waals surface area contributed by atoms with Crippen molar-refractivity contribution in [3.05, 3.63) is 47.1 Å².